The van der Waals surface area contributed by atoms with Crippen molar-refractivity contribution >= 4 is 0 Å². The fourth-order valence-electron chi connectivity index (χ4n) is 19.0. The number of hydrogen-bond donors (Lipinski definition) is 0. The van der Waals surface area contributed by atoms with Gasteiger partial charge < -0.3 is 4.74 Å². The summed E-state index contributed by atoms with van der Waals surface area (Å²) in [6, 6.07) is 52.2. The molecule has 0 radical (unpaired) electrons. The van der Waals surface area contributed by atoms with Gasteiger partial charge in [-0.25, -0.2) is 15.0 Å². The first-order valence-electron chi connectivity index (χ1n) is 25.0. The van der Waals surface area contributed by atoms with E-state index in [2.05, 4.69) is 140 Å². The van der Waals surface area contributed by atoms with E-state index in [1.54, 1.807) is 0 Å². The molecule has 1 aliphatic heterocycles. The van der Waals surface area contributed by atoms with Crippen molar-refractivity contribution in [2.45, 2.75) is 86.9 Å². The maximum atomic E-state index is 7.20. The average molecular weight is 842 g/mol. The smallest absolute Gasteiger partial charge is 0.167 e. The van der Waals surface area contributed by atoms with Crippen molar-refractivity contribution in [3.05, 3.63) is 173 Å². The van der Waals surface area contributed by atoms with Gasteiger partial charge in [-0.2, -0.15) is 0 Å². The van der Waals surface area contributed by atoms with Crippen LogP contribution in [0.3, 0.4) is 0 Å². The molecule has 0 amide bonds. The van der Waals surface area contributed by atoms with Gasteiger partial charge in [-0.05, 0) is 185 Å². The van der Waals surface area contributed by atoms with E-state index >= 15 is 0 Å². The molecular weight excluding hydrogens is 791 g/mol. The predicted octanol–water partition coefficient (Wildman–Crippen LogP) is 13.9. The van der Waals surface area contributed by atoms with E-state index in [0.717, 1.165) is 80.9 Å². The summed E-state index contributed by atoms with van der Waals surface area (Å²) in [6.45, 7) is 0. The average Bonchev–Trinajstić information content (AvgIpc) is 3.98. The molecule has 2 heterocycles. The van der Waals surface area contributed by atoms with Crippen LogP contribution in [0, 0.1) is 46.3 Å². The van der Waals surface area contributed by atoms with Crippen molar-refractivity contribution in [3.63, 3.8) is 0 Å². The Kier molecular flexibility index (Phi) is 6.29. The van der Waals surface area contributed by atoms with Gasteiger partial charge in [0.1, 0.15) is 11.5 Å². The molecule has 0 N–H and O–H groups in total. The molecule has 10 aliphatic carbocycles. The first-order valence-corrected chi connectivity index (χ1v) is 25.0. The van der Waals surface area contributed by atoms with Crippen LogP contribution in [0.25, 0.3) is 45.3 Å². The molecule has 11 aliphatic rings. The molecule has 9 saturated carbocycles. The topological polar surface area (TPSA) is 47.9 Å². The van der Waals surface area contributed by atoms with Crippen LogP contribution in [-0.2, 0) is 16.2 Å². The number of nitrogens with zero attached hydrogens (tertiary/aromatic N) is 3. The number of para-hydroxylation sites is 2. The van der Waals surface area contributed by atoms with E-state index in [0.29, 0.717) is 22.1 Å². The minimum atomic E-state index is -0.564. The minimum Gasteiger partial charge on any atom is -0.456 e. The minimum absolute atomic E-state index is 0.281. The lowest BCUT2D eigenvalue weighted by molar-refractivity contribution is -0.175. The quantitative estimate of drug-likeness (QED) is 0.173. The third-order valence-electron chi connectivity index (χ3n) is 20.9. The van der Waals surface area contributed by atoms with E-state index in [1.165, 1.54) is 110 Å². The summed E-state index contributed by atoms with van der Waals surface area (Å²) in [5.74, 6) is 9.52. The Bertz CT molecular complexity index is 3230. The Labute approximate surface area is 381 Å². The van der Waals surface area contributed by atoms with Gasteiger partial charge in [0.2, 0.25) is 0 Å². The summed E-state index contributed by atoms with van der Waals surface area (Å²) in [5, 5.41) is 0. The van der Waals surface area contributed by atoms with Crippen molar-refractivity contribution < 1.29 is 4.74 Å². The largest absolute Gasteiger partial charge is 0.456 e. The molecule has 7 aromatic rings. The Morgan fingerprint density at radius 3 is 1.75 bits per heavy atom. The van der Waals surface area contributed by atoms with Crippen LogP contribution in [0.2, 0.25) is 0 Å². The van der Waals surface area contributed by atoms with Gasteiger partial charge in [0.15, 0.2) is 17.5 Å². The Hall–Kier alpha value is -5.87. The van der Waals surface area contributed by atoms with E-state index in [4.69, 9.17) is 19.7 Å². The van der Waals surface area contributed by atoms with Gasteiger partial charge >= 0.3 is 0 Å². The third-order valence-corrected chi connectivity index (χ3v) is 20.9. The van der Waals surface area contributed by atoms with E-state index in [9.17, 15) is 0 Å². The Morgan fingerprint density at radius 1 is 0.462 bits per heavy atom. The molecule has 4 nitrogen and oxygen atoms in total. The first kappa shape index (κ1) is 35.4. The van der Waals surface area contributed by atoms with Crippen LogP contribution >= 0.6 is 0 Å². The summed E-state index contributed by atoms with van der Waals surface area (Å²) in [4.78, 5) is 16.6. The zero-order valence-electron chi connectivity index (χ0n) is 36.8. The van der Waals surface area contributed by atoms with E-state index in [-0.39, 0.29) is 5.41 Å². The third kappa shape index (κ3) is 4.11. The number of rotatable bonds is 5. The second-order valence-corrected chi connectivity index (χ2v) is 23.2. The van der Waals surface area contributed by atoms with Crippen LogP contribution in [0.5, 0.6) is 11.5 Å². The molecule has 6 aromatic carbocycles. The van der Waals surface area contributed by atoms with Crippen molar-refractivity contribution in [1.82, 2.24) is 15.0 Å². The summed E-state index contributed by atoms with van der Waals surface area (Å²) >= 11 is 0. The van der Waals surface area contributed by atoms with E-state index < -0.39 is 5.41 Å². The van der Waals surface area contributed by atoms with Crippen LogP contribution in [0.15, 0.2) is 140 Å². The van der Waals surface area contributed by atoms with Gasteiger partial charge in [0.25, 0.3) is 0 Å². The SMILES string of the molecule is c1cc(-c2nc(-c3cccc(C45CC6C7C[C@@H](C4)C[C@]6(C7)C5)c3)nc(-c3cccc4c3Oc3ccccc3C43c4ccccc4-c4ccccc43)n2)cc(C23C[C@H]4CC5C[C@@H](C2)C54C3)c1. The van der Waals surface area contributed by atoms with Crippen LogP contribution in [0.4, 0.5) is 0 Å². The number of hydrogen-bond acceptors (Lipinski definition) is 4. The lowest BCUT2D eigenvalue weighted by Crippen LogP contribution is -2.59. The van der Waals surface area contributed by atoms with Crippen molar-refractivity contribution in [3.8, 4) is 56.8 Å². The van der Waals surface area contributed by atoms with Gasteiger partial charge in [-0.15, -0.1) is 0 Å². The molecule has 4 heteroatoms. The highest BCUT2D eigenvalue weighted by Crippen LogP contribution is 2.84. The maximum absolute atomic E-state index is 7.20. The summed E-state index contributed by atoms with van der Waals surface area (Å²) in [7, 11) is 0. The second-order valence-electron chi connectivity index (χ2n) is 23.2. The number of benzene rings is 6. The number of aromatic nitrogens is 3. The first-order chi connectivity index (χ1) is 32.0. The normalized spacial score (nSPS) is 35.2. The van der Waals surface area contributed by atoms with Crippen LogP contribution < -0.4 is 4.74 Å². The summed E-state index contributed by atoms with van der Waals surface area (Å²) in [6.07, 6.45) is 15.5. The standard InChI is InChI=1S/C61H51N3O/c1-3-17-47-44(14-1)45-15-2-4-18-48(45)61(47)49-19-5-6-21-52(49)65-53-46(16-9-20-50(53)61)56-63-54(36-10-7-12-39(23-36)57-27-35-22-38-29-59(28-35,33-57)51(38)32-57)62-55(64-56)37-11-8-13-40(24-37)58-30-42-25-41-26-43(31-58)60(41,42)34-58/h1-21,23-24,35,38,41-43,51H,22,25-34H2/t35-,38?,41?,42-,43+,51?,57?,58?,59-,60?/m0/s1. The lowest BCUT2D eigenvalue weighted by atomic mass is 9.38. The molecule has 6 unspecified atom stereocenters. The van der Waals surface area contributed by atoms with Gasteiger partial charge in [-0.1, -0.05) is 115 Å². The lowest BCUT2D eigenvalue weighted by Gasteiger charge is -2.66. The zero-order chi connectivity index (χ0) is 42.1. The molecule has 9 fully saturated rings. The Morgan fingerprint density at radius 2 is 1.06 bits per heavy atom. The van der Waals surface area contributed by atoms with Gasteiger partial charge in [0, 0.05) is 22.3 Å². The highest BCUT2D eigenvalue weighted by Gasteiger charge is 2.77. The maximum Gasteiger partial charge on any atom is 0.167 e. The monoisotopic (exact) mass is 841 g/mol. The molecule has 316 valence electrons. The van der Waals surface area contributed by atoms with Crippen LogP contribution in [-0.4, -0.2) is 15.0 Å². The highest BCUT2D eigenvalue weighted by atomic mass is 16.5. The van der Waals surface area contributed by atoms with Gasteiger partial charge in [-0.3, -0.25) is 0 Å². The van der Waals surface area contributed by atoms with Crippen LogP contribution in [0.1, 0.15) is 104 Å². The molecule has 1 aromatic heterocycles. The number of fused-ring (bicyclic) bond motifs is 11. The van der Waals surface area contributed by atoms with Gasteiger partial charge in [0.05, 0.1) is 11.0 Å². The molecule has 18 rings (SSSR count). The van der Waals surface area contributed by atoms with Crippen molar-refractivity contribution in [2.75, 3.05) is 0 Å². The molecule has 0 saturated heterocycles. The number of ether oxygens (including phenoxy) is 1. The fraction of sp³-hybridized carbons (Fsp3) is 0.361. The molecular formula is C61H51N3O. The van der Waals surface area contributed by atoms with Crippen molar-refractivity contribution in [1.29, 1.82) is 0 Å². The molecule has 3 spiro atoms. The zero-order valence-corrected chi connectivity index (χ0v) is 36.8. The second kappa shape index (κ2) is 11.6. The van der Waals surface area contributed by atoms with E-state index in [1.807, 2.05) is 0 Å². The summed E-state index contributed by atoms with van der Waals surface area (Å²) in [5.41, 5.74) is 14.8. The highest BCUT2D eigenvalue weighted by molar-refractivity contribution is 5.90. The molecule has 6 bridgehead atoms. The predicted molar refractivity (Wildman–Crippen MR) is 253 cm³/mol. The fourth-order valence-corrected chi connectivity index (χ4v) is 19.0. The molecule has 10 atom stereocenters. The Balaban J connectivity index is 0.863. The van der Waals surface area contributed by atoms with Crippen molar-refractivity contribution in [2.24, 2.45) is 46.3 Å². The summed E-state index contributed by atoms with van der Waals surface area (Å²) < 4.78 is 7.20. The molecule has 65 heavy (non-hydrogen) atoms.